The third-order valence-electron chi connectivity index (χ3n) is 6.73. The van der Waals surface area contributed by atoms with Crippen LogP contribution in [0.25, 0.3) is 12.2 Å². The van der Waals surface area contributed by atoms with Crippen molar-refractivity contribution in [1.82, 2.24) is 5.01 Å². The van der Waals surface area contributed by atoms with Gasteiger partial charge >= 0.3 is 0 Å². The Hall–Kier alpha value is -4.23. The van der Waals surface area contributed by atoms with Gasteiger partial charge in [0.1, 0.15) is 11.6 Å². The van der Waals surface area contributed by atoms with Crippen molar-refractivity contribution in [2.45, 2.75) is 32.2 Å². The first kappa shape index (κ1) is 22.6. The Bertz CT molecular complexity index is 1350. The van der Waals surface area contributed by atoms with Crippen LogP contribution < -0.4 is 0 Å². The van der Waals surface area contributed by atoms with Crippen molar-refractivity contribution in [1.29, 1.82) is 5.26 Å². The summed E-state index contributed by atoms with van der Waals surface area (Å²) in [6, 6.07) is 30.0. The van der Waals surface area contributed by atoms with Crippen LogP contribution in [0.4, 0.5) is 0 Å². The molecule has 2 unspecified atom stereocenters. The van der Waals surface area contributed by atoms with Gasteiger partial charge in [-0.15, -0.1) is 0 Å². The van der Waals surface area contributed by atoms with Crippen molar-refractivity contribution < 1.29 is 4.79 Å². The minimum Gasteiger partial charge on any atom is -0.266 e. The molecule has 4 heteroatoms. The molecule has 3 aromatic rings. The molecule has 35 heavy (non-hydrogen) atoms. The molecule has 1 amide bonds. The summed E-state index contributed by atoms with van der Waals surface area (Å²) in [6.07, 6.45) is 6.77. The standard InChI is InChI=1S/C31H27N3O/c1-22-15-17-24(18-16-22)20-27(21-32)31(35)34-30(25-11-6-3-7-12-25)28-14-8-13-26(29(28)33-34)19-23-9-4-2-5-10-23/h2-7,9-12,15-20,28,30H,8,13-14H2,1H3/b26-19+,27-20-. The van der Waals surface area contributed by atoms with Crippen LogP contribution in [0, 0.1) is 24.2 Å². The van der Waals surface area contributed by atoms with Crippen molar-refractivity contribution in [2.75, 3.05) is 0 Å². The molecule has 1 aliphatic carbocycles. The second-order valence-electron chi connectivity index (χ2n) is 9.15. The van der Waals surface area contributed by atoms with Gasteiger partial charge < -0.3 is 0 Å². The Morgan fingerprint density at radius 3 is 2.34 bits per heavy atom. The van der Waals surface area contributed by atoms with E-state index in [1.807, 2.05) is 79.7 Å². The predicted molar refractivity (Wildman–Crippen MR) is 140 cm³/mol. The first-order chi connectivity index (χ1) is 17.1. The van der Waals surface area contributed by atoms with E-state index in [1.165, 1.54) is 5.57 Å². The van der Waals surface area contributed by atoms with E-state index >= 15 is 0 Å². The van der Waals surface area contributed by atoms with E-state index in [4.69, 9.17) is 5.10 Å². The number of carbonyl (C=O) groups is 1. The third kappa shape index (κ3) is 4.72. The highest BCUT2D eigenvalue weighted by Gasteiger charge is 2.44. The Kier molecular flexibility index (Phi) is 6.41. The second kappa shape index (κ2) is 9.95. The molecule has 1 heterocycles. The van der Waals surface area contributed by atoms with Gasteiger partial charge in [0, 0.05) is 5.92 Å². The number of aryl methyl sites for hydroxylation is 1. The highest BCUT2D eigenvalue weighted by molar-refractivity contribution is 6.10. The molecule has 0 aromatic heterocycles. The maximum atomic E-state index is 13.7. The minimum atomic E-state index is -0.358. The SMILES string of the molecule is Cc1ccc(/C=C(/C#N)C(=O)N2N=C3/C(=C/c4ccccc4)CCCC3C2c2ccccc2)cc1. The first-order valence-electron chi connectivity index (χ1n) is 12.1. The number of allylic oxidation sites excluding steroid dienone is 1. The molecular formula is C31H27N3O. The number of hydrogen-bond acceptors (Lipinski definition) is 3. The number of hydrazone groups is 1. The summed E-state index contributed by atoms with van der Waals surface area (Å²) in [5.41, 5.74) is 6.35. The largest absolute Gasteiger partial charge is 0.285 e. The maximum absolute atomic E-state index is 13.7. The van der Waals surface area contributed by atoms with Crippen LogP contribution in [0.3, 0.4) is 0 Å². The number of hydrogen-bond donors (Lipinski definition) is 0. The van der Waals surface area contributed by atoms with Gasteiger partial charge in [0.05, 0.1) is 11.8 Å². The highest BCUT2D eigenvalue weighted by Crippen LogP contribution is 2.44. The zero-order valence-corrected chi connectivity index (χ0v) is 19.8. The monoisotopic (exact) mass is 457 g/mol. The van der Waals surface area contributed by atoms with Crippen LogP contribution >= 0.6 is 0 Å². The first-order valence-corrected chi connectivity index (χ1v) is 12.1. The lowest BCUT2D eigenvalue weighted by Crippen LogP contribution is -2.32. The molecule has 3 aromatic carbocycles. The lowest BCUT2D eigenvalue weighted by molar-refractivity contribution is -0.129. The second-order valence-corrected chi connectivity index (χ2v) is 9.15. The number of nitriles is 1. The average Bonchev–Trinajstić information content (AvgIpc) is 3.30. The Morgan fingerprint density at radius 1 is 0.971 bits per heavy atom. The molecule has 0 saturated heterocycles. The Morgan fingerprint density at radius 2 is 1.66 bits per heavy atom. The lowest BCUT2D eigenvalue weighted by atomic mass is 9.77. The topological polar surface area (TPSA) is 56.5 Å². The number of benzene rings is 3. The van der Waals surface area contributed by atoms with Crippen LogP contribution in [-0.4, -0.2) is 16.6 Å². The summed E-state index contributed by atoms with van der Waals surface area (Å²) in [5, 5.41) is 16.4. The third-order valence-corrected chi connectivity index (χ3v) is 6.73. The van der Waals surface area contributed by atoms with Crippen LogP contribution in [0.5, 0.6) is 0 Å². The van der Waals surface area contributed by atoms with Crippen molar-refractivity contribution in [2.24, 2.45) is 11.0 Å². The predicted octanol–water partition coefficient (Wildman–Crippen LogP) is 6.73. The zero-order valence-electron chi connectivity index (χ0n) is 19.8. The summed E-state index contributed by atoms with van der Waals surface area (Å²) in [5.74, 6) is -0.257. The van der Waals surface area contributed by atoms with Crippen LogP contribution in [0.1, 0.15) is 47.6 Å². The number of amides is 1. The maximum Gasteiger partial charge on any atom is 0.285 e. The van der Waals surface area contributed by atoms with Crippen molar-refractivity contribution in [3.63, 3.8) is 0 Å². The summed E-state index contributed by atoms with van der Waals surface area (Å²) < 4.78 is 0. The van der Waals surface area contributed by atoms with Gasteiger partial charge in [-0.1, -0.05) is 90.5 Å². The summed E-state index contributed by atoms with van der Waals surface area (Å²) in [6.45, 7) is 2.01. The summed E-state index contributed by atoms with van der Waals surface area (Å²) in [7, 11) is 0. The van der Waals surface area contributed by atoms with Crippen LogP contribution in [0.15, 0.2) is 101 Å². The van der Waals surface area contributed by atoms with Gasteiger partial charge in [-0.25, -0.2) is 5.01 Å². The molecule has 0 radical (unpaired) electrons. The van der Waals surface area contributed by atoms with Crippen LogP contribution in [-0.2, 0) is 4.79 Å². The molecule has 5 rings (SSSR count). The van der Waals surface area contributed by atoms with Gasteiger partial charge in [-0.3, -0.25) is 4.79 Å². The molecule has 1 saturated carbocycles. The van der Waals surface area contributed by atoms with E-state index < -0.39 is 0 Å². The van der Waals surface area contributed by atoms with Crippen LogP contribution in [0.2, 0.25) is 0 Å². The summed E-state index contributed by atoms with van der Waals surface area (Å²) in [4.78, 5) is 13.7. The molecule has 2 atom stereocenters. The van der Waals surface area contributed by atoms with Gasteiger partial charge in [-0.2, -0.15) is 10.4 Å². The van der Waals surface area contributed by atoms with E-state index in [0.717, 1.165) is 47.2 Å². The number of nitrogens with zero attached hydrogens (tertiary/aromatic N) is 3. The fourth-order valence-corrected chi connectivity index (χ4v) is 5.00. The molecule has 0 spiro atoms. The molecule has 0 N–H and O–H groups in total. The van der Waals surface area contributed by atoms with Crippen molar-refractivity contribution in [3.05, 3.63) is 118 Å². The molecule has 172 valence electrons. The van der Waals surface area contributed by atoms with Gasteiger partial charge in [0.15, 0.2) is 0 Å². The van der Waals surface area contributed by atoms with Gasteiger partial charge in [0.25, 0.3) is 5.91 Å². The Labute approximate surface area is 206 Å². The zero-order chi connectivity index (χ0) is 24.2. The van der Waals surface area contributed by atoms with E-state index in [9.17, 15) is 10.1 Å². The quantitative estimate of drug-likeness (QED) is 0.322. The molecular weight excluding hydrogens is 430 g/mol. The van der Waals surface area contributed by atoms with Crippen molar-refractivity contribution >= 4 is 23.8 Å². The van der Waals surface area contributed by atoms with E-state index in [2.05, 4.69) is 24.3 Å². The molecule has 1 fully saturated rings. The van der Waals surface area contributed by atoms with E-state index in [0.29, 0.717) is 0 Å². The number of carbonyl (C=O) groups excluding carboxylic acids is 1. The molecule has 0 bridgehead atoms. The fourth-order valence-electron chi connectivity index (χ4n) is 5.00. The highest BCUT2D eigenvalue weighted by atomic mass is 16.2. The molecule has 2 aliphatic rings. The molecule has 4 nitrogen and oxygen atoms in total. The lowest BCUT2D eigenvalue weighted by Gasteiger charge is -2.29. The normalized spacial score (nSPS) is 20.8. The van der Waals surface area contributed by atoms with Crippen molar-refractivity contribution in [3.8, 4) is 6.07 Å². The average molecular weight is 458 g/mol. The number of fused-ring (bicyclic) bond motifs is 1. The van der Waals surface area contributed by atoms with Gasteiger partial charge in [0.2, 0.25) is 0 Å². The van der Waals surface area contributed by atoms with E-state index in [-0.39, 0.29) is 23.4 Å². The summed E-state index contributed by atoms with van der Waals surface area (Å²) >= 11 is 0. The van der Waals surface area contributed by atoms with E-state index in [1.54, 1.807) is 11.1 Å². The number of rotatable bonds is 4. The smallest absolute Gasteiger partial charge is 0.266 e. The molecule has 1 aliphatic heterocycles. The van der Waals surface area contributed by atoms with Gasteiger partial charge in [-0.05, 0) is 60.6 Å². The minimum absolute atomic E-state index is 0.0892. The fraction of sp³-hybridized carbons (Fsp3) is 0.194. The Balaban J connectivity index is 1.56.